The molecule has 3 heterocycles. The van der Waals surface area contributed by atoms with Crippen LogP contribution in [0.3, 0.4) is 0 Å². The molecule has 1 saturated heterocycles. The van der Waals surface area contributed by atoms with Crippen LogP contribution in [0.4, 0.5) is 9.18 Å². The van der Waals surface area contributed by atoms with E-state index in [-0.39, 0.29) is 5.92 Å². The summed E-state index contributed by atoms with van der Waals surface area (Å²) in [5.41, 5.74) is 3.28. The molecule has 4 rings (SSSR count). The molecule has 1 aromatic carbocycles. The lowest BCUT2D eigenvalue weighted by molar-refractivity contribution is 0.132. The van der Waals surface area contributed by atoms with Gasteiger partial charge in [-0.05, 0) is 45.7 Å². The van der Waals surface area contributed by atoms with Gasteiger partial charge in [0.15, 0.2) is 5.82 Å². The average molecular weight is 413 g/mol. The largest absolute Gasteiger partial charge is 0.494 e. The summed E-state index contributed by atoms with van der Waals surface area (Å²) in [7, 11) is 0. The first-order valence-electron chi connectivity index (χ1n) is 10.0. The zero-order valence-corrected chi connectivity index (χ0v) is 17.2. The van der Waals surface area contributed by atoms with Crippen LogP contribution in [0.2, 0.25) is 0 Å². The van der Waals surface area contributed by atoms with Gasteiger partial charge in [-0.2, -0.15) is 15.3 Å². The maximum absolute atomic E-state index is 14.8. The van der Waals surface area contributed by atoms with Crippen LogP contribution in [0.1, 0.15) is 42.8 Å². The van der Waals surface area contributed by atoms with Crippen molar-refractivity contribution in [2.24, 2.45) is 0 Å². The second kappa shape index (κ2) is 7.89. The number of aryl methyl sites for hydroxylation is 2. The number of aromatic nitrogens is 4. The summed E-state index contributed by atoms with van der Waals surface area (Å²) in [6, 6.07) is 4.73. The molecule has 3 aromatic rings. The summed E-state index contributed by atoms with van der Waals surface area (Å²) < 4.78 is 21.8. The molecule has 0 radical (unpaired) electrons. The maximum Gasteiger partial charge on any atom is 0.407 e. The highest BCUT2D eigenvalue weighted by Gasteiger charge is 2.28. The molecule has 0 bridgehead atoms. The first kappa shape index (κ1) is 20.1. The minimum Gasteiger partial charge on any atom is -0.494 e. The smallest absolute Gasteiger partial charge is 0.407 e. The van der Waals surface area contributed by atoms with Gasteiger partial charge in [0.2, 0.25) is 0 Å². The van der Waals surface area contributed by atoms with Gasteiger partial charge >= 0.3 is 6.09 Å². The van der Waals surface area contributed by atoms with Gasteiger partial charge in [-0.3, -0.25) is 0 Å². The number of ether oxygens (including phenoxy) is 1. The Morgan fingerprint density at radius 3 is 2.63 bits per heavy atom. The third-order valence-corrected chi connectivity index (χ3v) is 5.64. The standard InChI is InChI=1S/C21H24FN5O3/c1-4-30-15-5-6-17(16(22)11-15)27-13(3)18-12(2)23-24-19(20(18)25-27)14-7-9-26(10-8-14)21(28)29/h5-6,11,14H,4,7-10H2,1-3H3,(H,28,29). The number of piperidine rings is 1. The zero-order valence-electron chi connectivity index (χ0n) is 17.2. The molecule has 0 saturated carbocycles. The van der Waals surface area contributed by atoms with Crippen LogP contribution in [-0.4, -0.2) is 55.8 Å². The number of amides is 1. The van der Waals surface area contributed by atoms with Crippen LogP contribution in [0.5, 0.6) is 5.75 Å². The summed E-state index contributed by atoms with van der Waals surface area (Å²) in [6.07, 6.45) is 0.407. The first-order chi connectivity index (χ1) is 14.4. The third kappa shape index (κ3) is 3.44. The van der Waals surface area contributed by atoms with Gasteiger partial charge < -0.3 is 14.7 Å². The Morgan fingerprint density at radius 2 is 2.00 bits per heavy atom. The van der Waals surface area contributed by atoms with Crippen LogP contribution in [0.25, 0.3) is 16.6 Å². The Labute approximate surface area is 173 Å². The topological polar surface area (TPSA) is 93.4 Å². The predicted molar refractivity (Wildman–Crippen MR) is 109 cm³/mol. The minimum atomic E-state index is -0.903. The van der Waals surface area contributed by atoms with Crippen molar-refractivity contribution >= 4 is 17.0 Å². The van der Waals surface area contributed by atoms with Crippen LogP contribution >= 0.6 is 0 Å². The molecule has 2 aromatic heterocycles. The number of benzene rings is 1. The molecule has 158 valence electrons. The van der Waals surface area contributed by atoms with Crippen molar-refractivity contribution in [3.8, 4) is 11.4 Å². The van der Waals surface area contributed by atoms with E-state index in [0.717, 1.165) is 22.5 Å². The van der Waals surface area contributed by atoms with Crippen molar-refractivity contribution in [2.75, 3.05) is 19.7 Å². The molecular formula is C21H24FN5O3. The molecule has 0 spiro atoms. The number of rotatable bonds is 4. The van der Waals surface area contributed by atoms with E-state index in [2.05, 4.69) is 10.2 Å². The summed E-state index contributed by atoms with van der Waals surface area (Å²) >= 11 is 0. The minimum absolute atomic E-state index is 0.0594. The number of hydrogen-bond donors (Lipinski definition) is 1. The molecule has 1 fully saturated rings. The summed E-state index contributed by atoms with van der Waals surface area (Å²) in [5, 5.41) is 23.5. The molecule has 30 heavy (non-hydrogen) atoms. The number of carbonyl (C=O) groups is 1. The lowest BCUT2D eigenvalue weighted by atomic mass is 9.92. The molecule has 1 aliphatic heterocycles. The molecule has 0 atom stereocenters. The molecule has 0 aliphatic carbocycles. The summed E-state index contributed by atoms with van der Waals surface area (Å²) in [6.45, 7) is 6.95. The quantitative estimate of drug-likeness (QED) is 0.699. The van der Waals surface area contributed by atoms with E-state index in [1.807, 2.05) is 20.8 Å². The summed E-state index contributed by atoms with van der Waals surface area (Å²) in [5.74, 6) is 0.106. The predicted octanol–water partition coefficient (Wildman–Crippen LogP) is 3.83. The lowest BCUT2D eigenvalue weighted by Crippen LogP contribution is -2.37. The van der Waals surface area contributed by atoms with E-state index in [4.69, 9.17) is 9.84 Å². The number of fused-ring (bicyclic) bond motifs is 1. The Bertz CT molecular complexity index is 1110. The van der Waals surface area contributed by atoms with Crippen molar-refractivity contribution in [2.45, 2.75) is 39.5 Å². The second-order valence-corrected chi connectivity index (χ2v) is 7.48. The normalized spacial score (nSPS) is 15.0. The molecule has 1 amide bonds. The first-order valence-corrected chi connectivity index (χ1v) is 10.0. The van der Waals surface area contributed by atoms with Gasteiger partial charge in [0.05, 0.1) is 23.7 Å². The molecule has 8 nitrogen and oxygen atoms in total. The SMILES string of the molecule is CCOc1ccc(-n2nc3c(C4CCN(C(=O)O)CC4)nnc(C)c3c2C)c(F)c1. The fourth-order valence-corrected chi connectivity index (χ4v) is 4.11. The lowest BCUT2D eigenvalue weighted by Gasteiger charge is -2.29. The van der Waals surface area contributed by atoms with Crippen molar-refractivity contribution in [3.05, 3.63) is 41.1 Å². The fourth-order valence-electron chi connectivity index (χ4n) is 4.11. The Balaban J connectivity index is 1.76. The van der Waals surface area contributed by atoms with E-state index in [1.165, 1.54) is 11.0 Å². The second-order valence-electron chi connectivity index (χ2n) is 7.48. The van der Waals surface area contributed by atoms with E-state index in [1.54, 1.807) is 16.8 Å². The molecule has 9 heteroatoms. The zero-order chi connectivity index (χ0) is 21.4. The van der Waals surface area contributed by atoms with Crippen molar-refractivity contribution in [1.82, 2.24) is 24.9 Å². The average Bonchev–Trinajstić information content (AvgIpc) is 3.07. The number of likely N-dealkylation sites (tertiary alicyclic amines) is 1. The maximum atomic E-state index is 14.8. The fraction of sp³-hybridized carbons (Fsp3) is 0.429. The van der Waals surface area contributed by atoms with Gasteiger partial charge in [-0.15, -0.1) is 0 Å². The number of halogens is 1. The Hall–Kier alpha value is -3.23. The molecule has 0 unspecified atom stereocenters. The van der Waals surface area contributed by atoms with E-state index >= 15 is 0 Å². The van der Waals surface area contributed by atoms with Crippen molar-refractivity contribution in [1.29, 1.82) is 0 Å². The molecule has 1 N–H and O–H groups in total. The molecular weight excluding hydrogens is 389 g/mol. The van der Waals surface area contributed by atoms with E-state index < -0.39 is 11.9 Å². The van der Waals surface area contributed by atoms with Crippen LogP contribution in [-0.2, 0) is 0 Å². The Kier molecular flexibility index (Phi) is 5.27. The highest BCUT2D eigenvalue weighted by Crippen LogP contribution is 2.34. The van der Waals surface area contributed by atoms with Crippen LogP contribution in [0, 0.1) is 19.7 Å². The van der Waals surface area contributed by atoms with Gasteiger partial charge in [-0.25, -0.2) is 13.9 Å². The van der Waals surface area contributed by atoms with Gasteiger partial charge in [-0.1, -0.05) is 0 Å². The van der Waals surface area contributed by atoms with Gasteiger partial charge in [0.25, 0.3) is 0 Å². The molecule has 1 aliphatic rings. The van der Waals surface area contributed by atoms with Gasteiger partial charge in [0.1, 0.15) is 17.0 Å². The highest BCUT2D eigenvalue weighted by atomic mass is 19.1. The van der Waals surface area contributed by atoms with Crippen molar-refractivity contribution < 1.29 is 19.0 Å². The monoisotopic (exact) mass is 413 g/mol. The third-order valence-electron chi connectivity index (χ3n) is 5.64. The van der Waals surface area contributed by atoms with E-state index in [9.17, 15) is 14.3 Å². The summed E-state index contributed by atoms with van der Waals surface area (Å²) in [4.78, 5) is 12.6. The van der Waals surface area contributed by atoms with Crippen molar-refractivity contribution in [3.63, 3.8) is 0 Å². The van der Waals surface area contributed by atoms with E-state index in [0.29, 0.717) is 49.5 Å². The Morgan fingerprint density at radius 1 is 1.27 bits per heavy atom. The number of hydrogen-bond acceptors (Lipinski definition) is 5. The highest BCUT2D eigenvalue weighted by molar-refractivity contribution is 5.86. The number of carboxylic acid groups (broad SMARTS) is 1. The van der Waals surface area contributed by atoms with Crippen LogP contribution in [0.15, 0.2) is 18.2 Å². The number of nitrogens with zero attached hydrogens (tertiary/aromatic N) is 5. The van der Waals surface area contributed by atoms with Gasteiger partial charge in [0, 0.05) is 30.5 Å². The van der Waals surface area contributed by atoms with Crippen LogP contribution < -0.4 is 4.74 Å².